The predicted molar refractivity (Wildman–Crippen MR) is 139 cm³/mol. The van der Waals surface area contributed by atoms with E-state index in [2.05, 4.69) is 41.3 Å². The number of anilines is 1. The fourth-order valence-corrected chi connectivity index (χ4v) is 4.67. The molecule has 1 atom stereocenters. The molecule has 1 saturated heterocycles. The molecule has 0 saturated carbocycles. The zero-order valence-electron chi connectivity index (χ0n) is 20.5. The van der Waals surface area contributed by atoms with Gasteiger partial charge in [-0.15, -0.1) is 0 Å². The topological polar surface area (TPSA) is 128 Å². The molecular formula is C26H26BrF2N5O4. The molecule has 1 aliphatic heterocycles. The van der Waals surface area contributed by atoms with Gasteiger partial charge in [-0.1, -0.05) is 22.0 Å². The number of carbonyl (C=O) groups excluding carboxylic acids is 2. The molecule has 38 heavy (non-hydrogen) atoms. The van der Waals surface area contributed by atoms with Gasteiger partial charge in [-0.3, -0.25) is 4.79 Å². The number of methoxy groups -OCH3 is 1. The number of nitrogens with one attached hydrogen (secondary N) is 2. The van der Waals surface area contributed by atoms with Gasteiger partial charge in [-0.2, -0.15) is 0 Å². The van der Waals surface area contributed by atoms with E-state index in [9.17, 15) is 14.0 Å². The minimum absolute atomic E-state index is 0.126. The second kappa shape index (κ2) is 12.3. The van der Waals surface area contributed by atoms with Crippen LogP contribution in [0.4, 0.5) is 19.4 Å². The Morgan fingerprint density at radius 2 is 1.97 bits per heavy atom. The molecule has 2 aromatic carbocycles. The van der Waals surface area contributed by atoms with Gasteiger partial charge in [0.15, 0.2) is 0 Å². The fraction of sp³-hybridized carbons (Fsp3) is 0.308. The summed E-state index contributed by atoms with van der Waals surface area (Å²) in [5.41, 5.74) is 7.59. The SMILES string of the molecule is COC(=O)NC[C@@H](NC(=O)c1ccc(-c2nc(C3CCOCC3)cnc2N)cc1F)c1cc(F)cc(Br)c1. The first-order valence-electron chi connectivity index (χ1n) is 11.8. The molecule has 2 amide bonds. The van der Waals surface area contributed by atoms with Gasteiger partial charge in [0, 0.05) is 35.7 Å². The van der Waals surface area contributed by atoms with Crippen LogP contribution in [0.25, 0.3) is 11.3 Å². The zero-order chi connectivity index (χ0) is 27.2. The Hall–Kier alpha value is -3.64. The summed E-state index contributed by atoms with van der Waals surface area (Å²) in [6, 6.07) is 7.18. The van der Waals surface area contributed by atoms with Crippen LogP contribution in [-0.2, 0) is 9.47 Å². The van der Waals surface area contributed by atoms with Crippen LogP contribution in [0.1, 0.15) is 46.4 Å². The van der Waals surface area contributed by atoms with E-state index in [1.54, 1.807) is 12.3 Å². The first-order chi connectivity index (χ1) is 18.2. The monoisotopic (exact) mass is 589 g/mol. The summed E-state index contributed by atoms with van der Waals surface area (Å²) in [6.07, 6.45) is 2.50. The van der Waals surface area contributed by atoms with Crippen LogP contribution in [0.5, 0.6) is 0 Å². The molecule has 9 nitrogen and oxygen atoms in total. The number of rotatable bonds is 7. The molecule has 1 fully saturated rings. The van der Waals surface area contributed by atoms with Crippen molar-refractivity contribution in [3.8, 4) is 11.3 Å². The van der Waals surface area contributed by atoms with E-state index in [1.165, 1.54) is 37.4 Å². The third kappa shape index (κ3) is 6.62. The Labute approximate surface area is 226 Å². The van der Waals surface area contributed by atoms with Crippen molar-refractivity contribution in [3.05, 3.63) is 75.5 Å². The Balaban J connectivity index is 1.57. The number of nitrogens with zero attached hydrogens (tertiary/aromatic N) is 2. The van der Waals surface area contributed by atoms with Crippen LogP contribution in [0.15, 0.2) is 47.1 Å². The molecule has 4 N–H and O–H groups in total. The summed E-state index contributed by atoms with van der Waals surface area (Å²) in [4.78, 5) is 33.5. The van der Waals surface area contributed by atoms with Crippen molar-refractivity contribution in [1.29, 1.82) is 0 Å². The number of aromatic nitrogens is 2. The number of hydrogen-bond acceptors (Lipinski definition) is 7. The van der Waals surface area contributed by atoms with Gasteiger partial charge in [0.05, 0.1) is 30.6 Å². The lowest BCUT2D eigenvalue weighted by atomic mass is 9.96. The number of benzene rings is 2. The molecule has 0 unspecified atom stereocenters. The van der Waals surface area contributed by atoms with Gasteiger partial charge in [0.1, 0.15) is 23.1 Å². The molecule has 0 spiro atoms. The van der Waals surface area contributed by atoms with Crippen molar-refractivity contribution in [2.75, 3.05) is 32.6 Å². The highest BCUT2D eigenvalue weighted by atomic mass is 79.9. The van der Waals surface area contributed by atoms with E-state index in [0.29, 0.717) is 34.5 Å². The largest absolute Gasteiger partial charge is 0.453 e. The van der Waals surface area contributed by atoms with Crippen molar-refractivity contribution in [2.45, 2.75) is 24.8 Å². The number of hydrogen-bond donors (Lipinski definition) is 3. The van der Waals surface area contributed by atoms with Crippen molar-refractivity contribution in [2.24, 2.45) is 0 Å². The second-order valence-corrected chi connectivity index (χ2v) is 9.63. The van der Waals surface area contributed by atoms with E-state index in [1.807, 2.05) is 0 Å². The van der Waals surface area contributed by atoms with E-state index in [4.69, 9.17) is 10.5 Å². The van der Waals surface area contributed by atoms with Gasteiger partial charge < -0.3 is 25.8 Å². The minimum atomic E-state index is -0.884. The number of ether oxygens (including phenoxy) is 2. The summed E-state index contributed by atoms with van der Waals surface area (Å²) in [5, 5.41) is 5.11. The van der Waals surface area contributed by atoms with Gasteiger partial charge in [-0.25, -0.2) is 23.5 Å². The first-order valence-corrected chi connectivity index (χ1v) is 12.6. The Morgan fingerprint density at radius 3 is 2.66 bits per heavy atom. The van der Waals surface area contributed by atoms with E-state index >= 15 is 4.39 Å². The van der Waals surface area contributed by atoms with Crippen LogP contribution in [0.2, 0.25) is 0 Å². The van der Waals surface area contributed by atoms with Crippen molar-refractivity contribution < 1.29 is 27.8 Å². The Morgan fingerprint density at radius 1 is 1.21 bits per heavy atom. The van der Waals surface area contributed by atoms with Gasteiger partial charge >= 0.3 is 6.09 Å². The Bertz CT molecular complexity index is 1320. The van der Waals surface area contributed by atoms with Crippen LogP contribution < -0.4 is 16.4 Å². The molecule has 4 rings (SSSR count). The summed E-state index contributed by atoms with van der Waals surface area (Å²) < 4.78 is 39.6. The molecule has 1 aromatic heterocycles. The summed E-state index contributed by atoms with van der Waals surface area (Å²) in [6.45, 7) is 1.14. The molecule has 3 aromatic rings. The molecule has 0 bridgehead atoms. The van der Waals surface area contributed by atoms with Crippen LogP contribution >= 0.6 is 15.9 Å². The molecule has 0 aliphatic carbocycles. The van der Waals surface area contributed by atoms with Crippen LogP contribution in [0.3, 0.4) is 0 Å². The summed E-state index contributed by atoms with van der Waals surface area (Å²) in [5.74, 6) is -1.81. The van der Waals surface area contributed by atoms with E-state index in [0.717, 1.165) is 18.5 Å². The van der Waals surface area contributed by atoms with E-state index < -0.39 is 29.7 Å². The lowest BCUT2D eigenvalue weighted by molar-refractivity contribution is 0.0844. The van der Waals surface area contributed by atoms with Gasteiger partial charge in [0.25, 0.3) is 5.91 Å². The maximum absolute atomic E-state index is 15.2. The van der Waals surface area contributed by atoms with Crippen LogP contribution in [-0.4, -0.2) is 48.8 Å². The quantitative estimate of drug-likeness (QED) is 0.370. The molecule has 0 radical (unpaired) electrons. The lowest BCUT2D eigenvalue weighted by Crippen LogP contribution is -2.38. The minimum Gasteiger partial charge on any atom is -0.453 e. The second-order valence-electron chi connectivity index (χ2n) is 8.71. The maximum Gasteiger partial charge on any atom is 0.406 e. The van der Waals surface area contributed by atoms with E-state index in [-0.39, 0.29) is 23.8 Å². The normalized spacial score (nSPS) is 14.5. The zero-order valence-corrected chi connectivity index (χ0v) is 22.1. The highest BCUT2D eigenvalue weighted by Gasteiger charge is 2.23. The van der Waals surface area contributed by atoms with Crippen molar-refractivity contribution in [3.63, 3.8) is 0 Å². The summed E-state index contributed by atoms with van der Waals surface area (Å²) >= 11 is 3.21. The number of amides is 2. The number of halogens is 3. The standard InChI is InChI=1S/C26H26BrF2N5O4/c1-37-26(36)32-13-22(16-8-17(27)11-18(28)9-16)34-25(35)19-3-2-15(10-20(19)29)23-24(30)31-12-21(33-23)14-4-6-38-7-5-14/h2-3,8-12,14,22H,4-7,13H2,1H3,(H2,30,31)(H,32,36)(H,34,35)/t22-/m1/s1. The third-order valence-electron chi connectivity index (χ3n) is 6.17. The smallest absolute Gasteiger partial charge is 0.406 e. The third-order valence-corrected chi connectivity index (χ3v) is 6.63. The first kappa shape index (κ1) is 27.4. The van der Waals surface area contributed by atoms with Crippen LogP contribution in [0, 0.1) is 11.6 Å². The predicted octanol–water partition coefficient (Wildman–Crippen LogP) is 4.49. The molecule has 12 heteroatoms. The number of nitrogen functional groups attached to an aromatic ring is 1. The average molecular weight is 590 g/mol. The summed E-state index contributed by atoms with van der Waals surface area (Å²) in [7, 11) is 1.19. The Kier molecular flexibility index (Phi) is 8.85. The van der Waals surface area contributed by atoms with Crippen molar-refractivity contribution in [1.82, 2.24) is 20.6 Å². The average Bonchev–Trinajstić information content (AvgIpc) is 2.90. The lowest BCUT2D eigenvalue weighted by Gasteiger charge is -2.22. The molecule has 2 heterocycles. The number of nitrogens with two attached hydrogens (primary N) is 1. The van der Waals surface area contributed by atoms with Gasteiger partial charge in [-0.05, 0) is 48.7 Å². The fourth-order valence-electron chi connectivity index (χ4n) is 4.18. The number of carbonyl (C=O) groups is 2. The highest BCUT2D eigenvalue weighted by Crippen LogP contribution is 2.30. The highest BCUT2D eigenvalue weighted by molar-refractivity contribution is 9.10. The molecule has 1 aliphatic rings. The van der Waals surface area contributed by atoms with Crippen molar-refractivity contribution >= 4 is 33.7 Å². The molecular weight excluding hydrogens is 564 g/mol. The molecule has 200 valence electrons. The number of alkyl carbamates (subject to hydrolysis) is 1. The van der Waals surface area contributed by atoms with Gasteiger partial charge in [0.2, 0.25) is 0 Å². The maximum atomic E-state index is 15.2.